The maximum atomic E-state index is 14.3. The molecule has 8 rings (SSSR count). The Hall–Kier alpha value is -5.22. The van der Waals surface area contributed by atoms with Gasteiger partial charge in [0.05, 0.1) is 22.1 Å². The maximum Gasteiger partial charge on any atom is 0.123 e. The van der Waals surface area contributed by atoms with Crippen LogP contribution in [0.2, 0.25) is 0 Å². The van der Waals surface area contributed by atoms with Crippen molar-refractivity contribution in [2.75, 3.05) is 0 Å². The average molecular weight is 605 g/mol. The van der Waals surface area contributed by atoms with Crippen LogP contribution in [0.3, 0.4) is 0 Å². The molecule has 2 nitrogen and oxygen atoms in total. The first-order valence-corrected chi connectivity index (χ1v) is 15.8. The normalized spacial score (nSPS) is 12.2. The molecule has 2 heterocycles. The molecule has 0 bridgehead atoms. The summed E-state index contributed by atoms with van der Waals surface area (Å²) in [5.74, 6) is -0.681. The molecule has 0 aliphatic rings. The first-order valence-electron chi connectivity index (χ1n) is 15.8. The van der Waals surface area contributed by atoms with Crippen LogP contribution in [0, 0.1) is 24.0 Å². The minimum Gasteiger partial charge on any atom is -0.309 e. The number of nitrogens with zero attached hydrogens (tertiary/aromatic N) is 2. The van der Waals surface area contributed by atoms with Crippen LogP contribution in [0.5, 0.6) is 0 Å². The number of halogens is 2. The predicted molar refractivity (Wildman–Crippen MR) is 188 cm³/mol. The summed E-state index contributed by atoms with van der Waals surface area (Å²) in [6, 6.07) is 40.1. The first-order chi connectivity index (χ1) is 22.1. The Labute approximate surface area is 267 Å². The zero-order valence-corrected chi connectivity index (χ0v) is 26.4. The van der Waals surface area contributed by atoms with Gasteiger partial charge in [-0.15, -0.1) is 0 Å². The second kappa shape index (κ2) is 10.4. The molecule has 46 heavy (non-hydrogen) atoms. The van der Waals surface area contributed by atoms with Gasteiger partial charge >= 0.3 is 0 Å². The summed E-state index contributed by atoms with van der Waals surface area (Å²) in [7, 11) is 0. The SMILES string of the molecule is Cc1ccc2c3cc(CC(C)(C)C)ccc3n(-c3cccc(-c4cccc(-n5c6ccc(F)cc6c6cc(F)ccc65)c4)c3)c2c1. The summed E-state index contributed by atoms with van der Waals surface area (Å²) >= 11 is 0. The van der Waals surface area contributed by atoms with Gasteiger partial charge in [0.25, 0.3) is 0 Å². The van der Waals surface area contributed by atoms with Crippen LogP contribution < -0.4 is 0 Å². The summed E-state index contributed by atoms with van der Waals surface area (Å²) in [4.78, 5) is 0. The molecule has 0 unspecified atom stereocenters. The van der Waals surface area contributed by atoms with E-state index < -0.39 is 0 Å². The van der Waals surface area contributed by atoms with Crippen molar-refractivity contribution < 1.29 is 8.78 Å². The average Bonchev–Trinajstić information content (AvgIpc) is 3.51. The third-order valence-corrected chi connectivity index (χ3v) is 8.95. The minimum atomic E-state index is -0.341. The van der Waals surface area contributed by atoms with Crippen LogP contribution in [-0.4, -0.2) is 9.13 Å². The Morgan fingerprint density at radius 3 is 1.59 bits per heavy atom. The predicted octanol–water partition coefficient (Wildman–Crippen LogP) is 11.7. The van der Waals surface area contributed by atoms with Gasteiger partial charge in [-0.3, -0.25) is 0 Å². The molecule has 0 fully saturated rings. The fourth-order valence-electron chi connectivity index (χ4n) is 7.07. The quantitative estimate of drug-likeness (QED) is 0.189. The Kier molecular flexibility index (Phi) is 6.40. The Morgan fingerprint density at radius 2 is 1.02 bits per heavy atom. The molecule has 0 spiro atoms. The Balaban J connectivity index is 1.28. The van der Waals surface area contributed by atoms with Crippen molar-refractivity contribution in [3.8, 4) is 22.5 Å². The van der Waals surface area contributed by atoms with E-state index in [1.165, 1.54) is 57.2 Å². The van der Waals surface area contributed by atoms with Crippen molar-refractivity contribution in [2.24, 2.45) is 5.41 Å². The zero-order chi connectivity index (χ0) is 31.7. The fraction of sp³-hybridized carbons (Fsp3) is 0.143. The lowest BCUT2D eigenvalue weighted by atomic mass is 9.88. The van der Waals surface area contributed by atoms with E-state index in [0.717, 1.165) is 40.0 Å². The smallest absolute Gasteiger partial charge is 0.123 e. The molecule has 226 valence electrons. The number of aromatic nitrogens is 2. The van der Waals surface area contributed by atoms with Crippen molar-refractivity contribution in [1.82, 2.24) is 9.13 Å². The molecule has 2 aromatic heterocycles. The summed E-state index contributed by atoms with van der Waals surface area (Å²) in [6.07, 6.45) is 1.02. The molecule has 0 amide bonds. The summed E-state index contributed by atoms with van der Waals surface area (Å²) < 4.78 is 33.1. The molecule has 0 radical (unpaired) electrons. The van der Waals surface area contributed by atoms with Crippen molar-refractivity contribution >= 4 is 43.6 Å². The first kappa shape index (κ1) is 28.3. The standard InChI is InChI=1S/C42H34F2N2/c1-26-11-15-34-35-20-27(25-42(2,3)4)12-16-38(35)46(41(34)19-26)33-10-6-8-29(22-33)28-7-5-9-32(21-28)45-39-17-13-30(43)23-36(39)37-24-31(44)14-18-40(37)45/h5-24H,25H2,1-4H3. The highest BCUT2D eigenvalue weighted by atomic mass is 19.1. The molecule has 0 atom stereocenters. The van der Waals surface area contributed by atoms with E-state index in [0.29, 0.717) is 10.8 Å². The Bertz CT molecular complexity index is 2410. The van der Waals surface area contributed by atoms with E-state index in [4.69, 9.17) is 0 Å². The molecular weight excluding hydrogens is 570 g/mol. The van der Waals surface area contributed by atoms with Gasteiger partial charge in [-0.1, -0.05) is 63.2 Å². The highest BCUT2D eigenvalue weighted by molar-refractivity contribution is 6.10. The van der Waals surface area contributed by atoms with Gasteiger partial charge in [-0.05, 0) is 120 Å². The number of rotatable bonds is 4. The number of benzene rings is 6. The van der Waals surface area contributed by atoms with Gasteiger partial charge in [0.2, 0.25) is 0 Å². The van der Waals surface area contributed by atoms with Gasteiger partial charge < -0.3 is 9.13 Å². The van der Waals surface area contributed by atoms with Gasteiger partial charge in [0.15, 0.2) is 0 Å². The number of fused-ring (bicyclic) bond motifs is 6. The van der Waals surface area contributed by atoms with E-state index in [-0.39, 0.29) is 17.0 Å². The highest BCUT2D eigenvalue weighted by Gasteiger charge is 2.18. The maximum absolute atomic E-state index is 14.3. The lowest BCUT2D eigenvalue weighted by Crippen LogP contribution is -2.08. The van der Waals surface area contributed by atoms with E-state index in [9.17, 15) is 8.78 Å². The van der Waals surface area contributed by atoms with Crippen LogP contribution in [0.25, 0.3) is 66.1 Å². The van der Waals surface area contributed by atoms with Crippen LogP contribution in [-0.2, 0) is 6.42 Å². The molecule has 0 aliphatic carbocycles. The second-order valence-corrected chi connectivity index (χ2v) is 13.7. The second-order valence-electron chi connectivity index (χ2n) is 13.7. The van der Waals surface area contributed by atoms with Gasteiger partial charge in [-0.2, -0.15) is 0 Å². The third-order valence-electron chi connectivity index (χ3n) is 8.95. The van der Waals surface area contributed by atoms with E-state index >= 15 is 0 Å². The van der Waals surface area contributed by atoms with Gasteiger partial charge in [-0.25, -0.2) is 8.78 Å². The number of hydrogen-bond donors (Lipinski definition) is 0. The van der Waals surface area contributed by atoms with Crippen LogP contribution in [0.15, 0.2) is 121 Å². The third kappa shape index (κ3) is 4.76. The van der Waals surface area contributed by atoms with Crippen LogP contribution in [0.1, 0.15) is 31.9 Å². The molecule has 4 heteroatoms. The molecule has 6 aromatic carbocycles. The molecule has 0 saturated carbocycles. The largest absolute Gasteiger partial charge is 0.309 e. The summed E-state index contributed by atoms with van der Waals surface area (Å²) in [5, 5.41) is 3.90. The lowest BCUT2D eigenvalue weighted by molar-refractivity contribution is 0.411. The van der Waals surface area contributed by atoms with Crippen LogP contribution in [0.4, 0.5) is 8.78 Å². The van der Waals surface area contributed by atoms with Crippen LogP contribution >= 0.6 is 0 Å². The summed E-state index contributed by atoms with van der Waals surface area (Å²) in [6.45, 7) is 8.99. The lowest BCUT2D eigenvalue weighted by Gasteiger charge is -2.18. The van der Waals surface area contributed by atoms with Gasteiger partial charge in [0.1, 0.15) is 11.6 Å². The summed E-state index contributed by atoms with van der Waals surface area (Å²) in [5.41, 5.74) is 11.0. The van der Waals surface area contributed by atoms with Crippen molar-refractivity contribution in [3.05, 3.63) is 144 Å². The van der Waals surface area contributed by atoms with E-state index in [1.54, 1.807) is 12.1 Å². The topological polar surface area (TPSA) is 9.86 Å². The van der Waals surface area contributed by atoms with E-state index in [1.807, 2.05) is 12.1 Å². The number of aryl methyl sites for hydroxylation is 1. The highest BCUT2D eigenvalue weighted by Crippen LogP contribution is 2.37. The van der Waals surface area contributed by atoms with Gasteiger partial charge in [0, 0.05) is 32.9 Å². The minimum absolute atomic E-state index is 0.205. The molecule has 0 N–H and O–H groups in total. The fourth-order valence-corrected chi connectivity index (χ4v) is 7.07. The number of hydrogen-bond acceptors (Lipinski definition) is 0. The molecule has 0 saturated heterocycles. The molecular formula is C42H34F2N2. The molecule has 8 aromatic rings. The van der Waals surface area contributed by atoms with E-state index in [2.05, 4.69) is 110 Å². The monoisotopic (exact) mass is 604 g/mol. The van der Waals surface area contributed by atoms with Crippen molar-refractivity contribution in [2.45, 2.75) is 34.1 Å². The van der Waals surface area contributed by atoms with Crippen molar-refractivity contribution in [1.29, 1.82) is 0 Å². The Morgan fingerprint density at radius 1 is 0.500 bits per heavy atom. The van der Waals surface area contributed by atoms with Crippen molar-refractivity contribution in [3.63, 3.8) is 0 Å². The zero-order valence-electron chi connectivity index (χ0n) is 26.4. The molecule has 0 aliphatic heterocycles.